The first-order valence-corrected chi connectivity index (χ1v) is 7.44. The maximum absolute atomic E-state index is 11.2. The van der Waals surface area contributed by atoms with Crippen molar-refractivity contribution in [3.63, 3.8) is 0 Å². The van der Waals surface area contributed by atoms with E-state index in [0.717, 1.165) is 24.9 Å². The summed E-state index contributed by atoms with van der Waals surface area (Å²) in [5.41, 5.74) is 2.37. The predicted molar refractivity (Wildman–Crippen MR) is 82.8 cm³/mol. The van der Waals surface area contributed by atoms with E-state index in [9.17, 15) is 9.90 Å². The van der Waals surface area contributed by atoms with Gasteiger partial charge in [0.15, 0.2) is 0 Å². The van der Waals surface area contributed by atoms with Crippen LogP contribution < -0.4 is 0 Å². The van der Waals surface area contributed by atoms with Crippen LogP contribution >= 0.6 is 0 Å². The smallest absolute Gasteiger partial charge is 0.306 e. The maximum atomic E-state index is 11.2. The molecule has 0 fully saturated rings. The Morgan fingerprint density at radius 1 is 1.30 bits per heavy atom. The molecule has 0 aliphatic heterocycles. The van der Waals surface area contributed by atoms with Crippen molar-refractivity contribution < 1.29 is 9.90 Å². The fourth-order valence-corrected chi connectivity index (χ4v) is 2.27. The Morgan fingerprint density at radius 2 is 1.95 bits per heavy atom. The van der Waals surface area contributed by atoms with Crippen molar-refractivity contribution in [1.82, 2.24) is 4.90 Å². The molecular weight excluding hydrogens is 250 g/mol. The summed E-state index contributed by atoms with van der Waals surface area (Å²) in [5.74, 6) is -0.949. The Morgan fingerprint density at radius 3 is 2.50 bits per heavy atom. The molecule has 0 saturated carbocycles. The molecule has 0 heterocycles. The van der Waals surface area contributed by atoms with Crippen LogP contribution in [0.15, 0.2) is 24.3 Å². The number of carbonyl (C=O) groups is 1. The van der Waals surface area contributed by atoms with E-state index in [2.05, 4.69) is 37.9 Å². The molecule has 0 aromatic heterocycles. The lowest BCUT2D eigenvalue weighted by atomic mass is 9.94. The summed E-state index contributed by atoms with van der Waals surface area (Å²) in [4.78, 5) is 13.5. The Bertz CT molecular complexity index is 429. The minimum Gasteiger partial charge on any atom is -0.481 e. The van der Waals surface area contributed by atoms with Crippen LogP contribution in [-0.2, 0) is 17.8 Å². The van der Waals surface area contributed by atoms with Gasteiger partial charge in [-0.2, -0.15) is 0 Å². The summed E-state index contributed by atoms with van der Waals surface area (Å²) >= 11 is 0. The fraction of sp³-hybridized carbons (Fsp3) is 0.588. The standard InChI is InChI=1S/C17H27NO2/c1-5-7-16(17(19)20)11-14-8-6-9-15(10-14)12-18(4)13(2)3/h6,8-10,13,16H,5,7,11-12H2,1-4H3,(H,19,20). The molecular formula is C17H27NO2. The summed E-state index contributed by atoms with van der Waals surface area (Å²) in [7, 11) is 2.11. The quantitative estimate of drug-likeness (QED) is 0.789. The second-order valence-corrected chi connectivity index (χ2v) is 5.86. The summed E-state index contributed by atoms with van der Waals surface area (Å²) in [6.07, 6.45) is 2.28. The zero-order valence-electron chi connectivity index (χ0n) is 13.1. The number of carboxylic acids is 1. The largest absolute Gasteiger partial charge is 0.481 e. The Kier molecular flexibility index (Phi) is 6.73. The van der Waals surface area contributed by atoms with Gasteiger partial charge in [-0.25, -0.2) is 0 Å². The third kappa shape index (κ3) is 5.33. The zero-order valence-corrected chi connectivity index (χ0v) is 13.1. The third-order valence-electron chi connectivity index (χ3n) is 3.77. The van der Waals surface area contributed by atoms with Crippen LogP contribution in [0.5, 0.6) is 0 Å². The monoisotopic (exact) mass is 277 g/mol. The molecule has 1 N–H and O–H groups in total. The highest BCUT2D eigenvalue weighted by atomic mass is 16.4. The lowest BCUT2D eigenvalue weighted by Crippen LogP contribution is -2.25. The van der Waals surface area contributed by atoms with Gasteiger partial charge in [-0.05, 0) is 44.9 Å². The minimum atomic E-state index is -0.684. The average molecular weight is 277 g/mol. The van der Waals surface area contributed by atoms with Gasteiger partial charge < -0.3 is 5.11 Å². The summed E-state index contributed by atoms with van der Waals surface area (Å²) in [6.45, 7) is 7.28. The highest BCUT2D eigenvalue weighted by molar-refractivity contribution is 5.70. The number of aliphatic carboxylic acids is 1. The average Bonchev–Trinajstić information content (AvgIpc) is 2.38. The second-order valence-electron chi connectivity index (χ2n) is 5.86. The second kappa shape index (κ2) is 8.05. The van der Waals surface area contributed by atoms with Crippen LogP contribution in [0.25, 0.3) is 0 Å². The maximum Gasteiger partial charge on any atom is 0.306 e. The van der Waals surface area contributed by atoms with Crippen LogP contribution in [-0.4, -0.2) is 29.1 Å². The molecule has 112 valence electrons. The molecule has 1 rings (SSSR count). The van der Waals surface area contributed by atoms with E-state index in [4.69, 9.17) is 0 Å². The van der Waals surface area contributed by atoms with Gasteiger partial charge in [0.25, 0.3) is 0 Å². The van der Waals surface area contributed by atoms with Gasteiger partial charge in [0.05, 0.1) is 5.92 Å². The molecule has 20 heavy (non-hydrogen) atoms. The molecule has 0 amide bonds. The highest BCUT2D eigenvalue weighted by Gasteiger charge is 2.17. The van der Waals surface area contributed by atoms with E-state index in [1.807, 2.05) is 19.1 Å². The van der Waals surface area contributed by atoms with Gasteiger partial charge in [0, 0.05) is 12.6 Å². The van der Waals surface area contributed by atoms with Crippen LogP contribution in [0.3, 0.4) is 0 Å². The lowest BCUT2D eigenvalue weighted by Gasteiger charge is -2.21. The molecule has 0 aliphatic carbocycles. The number of hydrogen-bond acceptors (Lipinski definition) is 2. The van der Waals surface area contributed by atoms with E-state index < -0.39 is 5.97 Å². The van der Waals surface area contributed by atoms with E-state index in [-0.39, 0.29) is 5.92 Å². The van der Waals surface area contributed by atoms with Gasteiger partial charge in [0.2, 0.25) is 0 Å². The van der Waals surface area contributed by atoms with Gasteiger partial charge in [0.1, 0.15) is 0 Å². The van der Waals surface area contributed by atoms with Crippen molar-refractivity contribution in [2.75, 3.05) is 7.05 Å². The summed E-state index contributed by atoms with van der Waals surface area (Å²) < 4.78 is 0. The number of nitrogens with zero attached hydrogens (tertiary/aromatic N) is 1. The molecule has 0 saturated heterocycles. The van der Waals surface area contributed by atoms with Crippen LogP contribution in [0.2, 0.25) is 0 Å². The molecule has 0 spiro atoms. The van der Waals surface area contributed by atoms with Crippen LogP contribution in [0.1, 0.15) is 44.7 Å². The van der Waals surface area contributed by atoms with Gasteiger partial charge in [-0.1, -0.05) is 37.6 Å². The number of benzene rings is 1. The SMILES string of the molecule is CCCC(Cc1cccc(CN(C)C(C)C)c1)C(=O)O. The highest BCUT2D eigenvalue weighted by Crippen LogP contribution is 2.17. The van der Waals surface area contributed by atoms with E-state index >= 15 is 0 Å². The Balaban J connectivity index is 2.74. The number of rotatable bonds is 8. The summed E-state index contributed by atoms with van der Waals surface area (Å²) in [6, 6.07) is 8.82. The Hall–Kier alpha value is -1.35. The first-order valence-electron chi connectivity index (χ1n) is 7.44. The minimum absolute atomic E-state index is 0.266. The van der Waals surface area contributed by atoms with Crippen molar-refractivity contribution >= 4 is 5.97 Å². The first kappa shape index (κ1) is 16.7. The molecule has 0 bridgehead atoms. The third-order valence-corrected chi connectivity index (χ3v) is 3.77. The molecule has 1 aromatic rings. The van der Waals surface area contributed by atoms with E-state index in [1.165, 1.54) is 5.56 Å². The van der Waals surface area contributed by atoms with Crippen molar-refractivity contribution in [3.8, 4) is 0 Å². The van der Waals surface area contributed by atoms with Crippen molar-refractivity contribution in [2.24, 2.45) is 5.92 Å². The number of hydrogen-bond donors (Lipinski definition) is 1. The topological polar surface area (TPSA) is 40.5 Å². The number of carboxylic acid groups (broad SMARTS) is 1. The van der Waals surface area contributed by atoms with Crippen molar-refractivity contribution in [1.29, 1.82) is 0 Å². The summed E-state index contributed by atoms with van der Waals surface area (Å²) in [5, 5.41) is 9.24. The van der Waals surface area contributed by atoms with Crippen LogP contribution in [0.4, 0.5) is 0 Å². The van der Waals surface area contributed by atoms with Gasteiger partial charge >= 0.3 is 5.97 Å². The van der Waals surface area contributed by atoms with Gasteiger partial charge in [-0.3, -0.25) is 9.69 Å². The first-order chi connectivity index (χ1) is 9.43. The van der Waals surface area contributed by atoms with E-state index in [1.54, 1.807) is 0 Å². The molecule has 0 radical (unpaired) electrons. The fourth-order valence-electron chi connectivity index (χ4n) is 2.27. The Labute approximate surface area is 122 Å². The zero-order chi connectivity index (χ0) is 15.1. The van der Waals surface area contributed by atoms with Crippen LogP contribution in [0, 0.1) is 5.92 Å². The molecule has 3 heteroatoms. The molecule has 1 unspecified atom stereocenters. The van der Waals surface area contributed by atoms with Gasteiger partial charge in [-0.15, -0.1) is 0 Å². The normalized spacial score (nSPS) is 12.9. The molecule has 0 aliphatic rings. The van der Waals surface area contributed by atoms with Crippen molar-refractivity contribution in [2.45, 2.75) is 52.6 Å². The van der Waals surface area contributed by atoms with E-state index in [0.29, 0.717) is 12.5 Å². The molecule has 1 aromatic carbocycles. The molecule has 1 atom stereocenters. The predicted octanol–water partition coefficient (Wildman–Crippen LogP) is 3.57. The lowest BCUT2D eigenvalue weighted by molar-refractivity contribution is -0.141. The molecule has 3 nitrogen and oxygen atoms in total. The van der Waals surface area contributed by atoms with Crippen molar-refractivity contribution in [3.05, 3.63) is 35.4 Å².